The molecule has 0 bridgehead atoms. The topological polar surface area (TPSA) is 61.9 Å². The molecule has 0 spiro atoms. The van der Waals surface area contributed by atoms with Gasteiger partial charge < -0.3 is 15.0 Å². The fourth-order valence-electron chi connectivity index (χ4n) is 3.92. The first-order valence-electron chi connectivity index (χ1n) is 9.62. The molecular formula is C20H28FN3O3. The number of nitrogens with one attached hydrogen (secondary N) is 1. The number of hydrogen-bond acceptors (Lipinski definition) is 4. The monoisotopic (exact) mass is 377 g/mol. The Balaban J connectivity index is 1.66. The number of hydrogen-bond donors (Lipinski definition) is 1. The van der Waals surface area contributed by atoms with Gasteiger partial charge in [0.1, 0.15) is 11.9 Å². The average Bonchev–Trinajstić information content (AvgIpc) is 2.67. The van der Waals surface area contributed by atoms with Gasteiger partial charge in [0.15, 0.2) is 0 Å². The third kappa shape index (κ3) is 4.30. The number of benzene rings is 1. The van der Waals surface area contributed by atoms with Crippen LogP contribution in [0.1, 0.15) is 38.4 Å². The molecule has 0 aliphatic carbocycles. The number of carbonyl (C=O) groups is 2. The van der Waals surface area contributed by atoms with Crippen LogP contribution in [0.25, 0.3) is 0 Å². The van der Waals surface area contributed by atoms with E-state index in [1.807, 2.05) is 18.7 Å². The van der Waals surface area contributed by atoms with Crippen LogP contribution in [0, 0.1) is 5.82 Å². The van der Waals surface area contributed by atoms with Crippen molar-refractivity contribution < 1.29 is 18.7 Å². The van der Waals surface area contributed by atoms with Crippen LogP contribution in [-0.4, -0.2) is 66.5 Å². The lowest BCUT2D eigenvalue weighted by atomic mass is 9.90. The number of halogens is 1. The van der Waals surface area contributed by atoms with Crippen molar-refractivity contribution in [2.24, 2.45) is 0 Å². The van der Waals surface area contributed by atoms with E-state index in [2.05, 4.69) is 5.32 Å². The van der Waals surface area contributed by atoms with Crippen LogP contribution in [0.15, 0.2) is 24.3 Å². The molecule has 2 heterocycles. The normalized spacial score (nSPS) is 26.7. The van der Waals surface area contributed by atoms with Crippen LogP contribution >= 0.6 is 0 Å². The van der Waals surface area contributed by atoms with E-state index in [9.17, 15) is 14.0 Å². The van der Waals surface area contributed by atoms with Gasteiger partial charge in [-0.25, -0.2) is 4.39 Å². The second-order valence-corrected chi connectivity index (χ2v) is 7.45. The van der Waals surface area contributed by atoms with Crippen LogP contribution in [0.2, 0.25) is 0 Å². The van der Waals surface area contributed by atoms with Gasteiger partial charge in [-0.1, -0.05) is 25.5 Å². The second kappa shape index (κ2) is 8.35. The van der Waals surface area contributed by atoms with E-state index in [0.29, 0.717) is 39.2 Å². The summed E-state index contributed by atoms with van der Waals surface area (Å²) < 4.78 is 18.9. The molecule has 6 nitrogen and oxygen atoms in total. The summed E-state index contributed by atoms with van der Waals surface area (Å²) in [6.45, 7) is 6.82. The highest BCUT2D eigenvalue weighted by Crippen LogP contribution is 2.26. The predicted molar refractivity (Wildman–Crippen MR) is 99.6 cm³/mol. The Morgan fingerprint density at radius 3 is 2.78 bits per heavy atom. The Morgan fingerprint density at radius 2 is 2.07 bits per heavy atom. The van der Waals surface area contributed by atoms with Gasteiger partial charge in [-0.2, -0.15) is 0 Å². The van der Waals surface area contributed by atoms with Gasteiger partial charge in [-0.3, -0.25) is 14.5 Å². The summed E-state index contributed by atoms with van der Waals surface area (Å²) in [5.41, 5.74) is 0.216. The zero-order valence-electron chi connectivity index (χ0n) is 16.0. The Labute approximate surface area is 159 Å². The van der Waals surface area contributed by atoms with Gasteiger partial charge in [-0.15, -0.1) is 0 Å². The number of morpholine rings is 1. The fourth-order valence-corrected chi connectivity index (χ4v) is 3.92. The van der Waals surface area contributed by atoms with E-state index in [-0.39, 0.29) is 30.3 Å². The zero-order valence-corrected chi connectivity index (χ0v) is 16.0. The Hall–Kier alpha value is -1.99. The van der Waals surface area contributed by atoms with E-state index in [4.69, 9.17) is 4.74 Å². The van der Waals surface area contributed by atoms with E-state index < -0.39 is 5.54 Å². The van der Waals surface area contributed by atoms with Gasteiger partial charge >= 0.3 is 0 Å². The SMILES string of the molecule is CCC[C@]1(C)C(=O)NCCN1CC(=O)N1CCO[C@@H](c2ccc(F)cc2)C1. The molecular weight excluding hydrogens is 349 g/mol. The van der Waals surface area contributed by atoms with Gasteiger partial charge in [0.05, 0.1) is 25.2 Å². The molecule has 0 saturated carbocycles. The van der Waals surface area contributed by atoms with Crippen molar-refractivity contribution in [3.8, 4) is 0 Å². The Morgan fingerprint density at radius 1 is 1.33 bits per heavy atom. The highest BCUT2D eigenvalue weighted by Gasteiger charge is 2.42. The molecule has 0 radical (unpaired) electrons. The highest BCUT2D eigenvalue weighted by atomic mass is 19.1. The van der Waals surface area contributed by atoms with Gasteiger partial charge in [0, 0.05) is 19.6 Å². The fraction of sp³-hybridized carbons (Fsp3) is 0.600. The molecule has 1 aromatic carbocycles. The van der Waals surface area contributed by atoms with Crippen molar-refractivity contribution in [1.29, 1.82) is 0 Å². The quantitative estimate of drug-likeness (QED) is 0.849. The molecule has 1 aromatic rings. The summed E-state index contributed by atoms with van der Waals surface area (Å²) in [6, 6.07) is 6.20. The Bertz CT molecular complexity index is 682. The standard InChI is InChI=1S/C20H28FN3O3/c1-3-8-20(2)19(26)22-9-10-24(20)14-18(25)23-11-12-27-17(13-23)15-4-6-16(21)7-5-15/h4-7,17H,3,8-14H2,1-2H3,(H,22,26)/t17-,20-/m1/s1. The smallest absolute Gasteiger partial charge is 0.240 e. The molecule has 2 aliphatic heterocycles. The first-order valence-corrected chi connectivity index (χ1v) is 9.62. The van der Waals surface area contributed by atoms with Gasteiger partial charge in [-0.05, 0) is 31.0 Å². The average molecular weight is 377 g/mol. The van der Waals surface area contributed by atoms with Crippen molar-refractivity contribution in [2.45, 2.75) is 38.3 Å². The first kappa shape index (κ1) is 19.8. The molecule has 1 N–H and O–H groups in total. The molecule has 3 rings (SSSR count). The summed E-state index contributed by atoms with van der Waals surface area (Å²) in [4.78, 5) is 29.1. The number of nitrogens with zero attached hydrogens (tertiary/aromatic N) is 2. The van der Waals surface area contributed by atoms with Crippen LogP contribution in [-0.2, 0) is 14.3 Å². The minimum Gasteiger partial charge on any atom is -0.370 e. The third-order valence-electron chi connectivity index (χ3n) is 5.58. The van der Waals surface area contributed by atoms with Crippen molar-refractivity contribution in [1.82, 2.24) is 15.1 Å². The van der Waals surface area contributed by atoms with Crippen LogP contribution in [0.5, 0.6) is 0 Å². The maximum Gasteiger partial charge on any atom is 0.240 e. The predicted octanol–water partition coefficient (Wildman–Crippen LogP) is 1.72. The first-order chi connectivity index (χ1) is 12.9. The van der Waals surface area contributed by atoms with Gasteiger partial charge in [0.2, 0.25) is 11.8 Å². The summed E-state index contributed by atoms with van der Waals surface area (Å²) in [7, 11) is 0. The number of rotatable bonds is 5. The molecule has 2 amide bonds. The number of carbonyl (C=O) groups excluding carboxylic acids is 2. The molecule has 2 aliphatic rings. The number of amides is 2. The lowest BCUT2D eigenvalue weighted by Crippen LogP contribution is -2.65. The van der Waals surface area contributed by atoms with Crippen LogP contribution < -0.4 is 5.32 Å². The summed E-state index contributed by atoms with van der Waals surface area (Å²) in [5, 5.41) is 2.92. The number of piperazine rings is 1. The van der Waals surface area contributed by atoms with Gasteiger partial charge in [0.25, 0.3) is 0 Å². The highest BCUT2D eigenvalue weighted by molar-refractivity contribution is 5.88. The molecule has 2 atom stereocenters. The van der Waals surface area contributed by atoms with Crippen molar-refractivity contribution in [2.75, 3.05) is 39.3 Å². The van der Waals surface area contributed by atoms with Crippen LogP contribution in [0.3, 0.4) is 0 Å². The van der Waals surface area contributed by atoms with Crippen LogP contribution in [0.4, 0.5) is 4.39 Å². The third-order valence-corrected chi connectivity index (χ3v) is 5.58. The summed E-state index contributed by atoms with van der Waals surface area (Å²) in [6.07, 6.45) is 1.33. The lowest BCUT2D eigenvalue weighted by molar-refractivity contribution is -0.146. The lowest BCUT2D eigenvalue weighted by Gasteiger charge is -2.44. The molecule has 148 valence electrons. The minimum absolute atomic E-state index is 0.00226. The van der Waals surface area contributed by atoms with Crippen molar-refractivity contribution in [3.63, 3.8) is 0 Å². The van der Waals surface area contributed by atoms with E-state index in [0.717, 1.165) is 12.0 Å². The zero-order chi connectivity index (χ0) is 19.4. The minimum atomic E-state index is -0.648. The summed E-state index contributed by atoms with van der Waals surface area (Å²) >= 11 is 0. The largest absolute Gasteiger partial charge is 0.370 e. The van der Waals surface area contributed by atoms with E-state index in [1.165, 1.54) is 12.1 Å². The van der Waals surface area contributed by atoms with E-state index in [1.54, 1.807) is 17.0 Å². The molecule has 0 aromatic heterocycles. The molecule has 2 fully saturated rings. The molecule has 27 heavy (non-hydrogen) atoms. The van der Waals surface area contributed by atoms with E-state index >= 15 is 0 Å². The molecule has 7 heteroatoms. The summed E-state index contributed by atoms with van der Waals surface area (Å²) in [5.74, 6) is -0.293. The molecule has 0 unspecified atom stereocenters. The van der Waals surface area contributed by atoms with Crippen molar-refractivity contribution >= 4 is 11.8 Å². The second-order valence-electron chi connectivity index (χ2n) is 7.45. The Kier molecular flexibility index (Phi) is 6.11. The maximum atomic E-state index is 13.1. The van der Waals surface area contributed by atoms with Crippen molar-refractivity contribution in [3.05, 3.63) is 35.6 Å². The molecule has 2 saturated heterocycles. The number of ether oxygens (including phenoxy) is 1. The maximum absolute atomic E-state index is 13.1.